The van der Waals surface area contributed by atoms with Gasteiger partial charge >= 0.3 is 0 Å². The number of benzene rings is 2. The molecule has 0 radical (unpaired) electrons. The molecule has 0 N–H and O–H groups in total. The molecule has 0 aliphatic carbocycles. The van der Waals surface area contributed by atoms with E-state index in [0.717, 1.165) is 6.26 Å². The van der Waals surface area contributed by atoms with Crippen molar-refractivity contribution in [2.45, 2.75) is 24.0 Å². The minimum absolute atomic E-state index is 0.0785. The SMILES string of the molecule is C=CC1=C(C)OC(c2ccc(S(C)(=O)=O)cc2)C(Oc2ccccc2F)C1=O. The lowest BCUT2D eigenvalue weighted by Gasteiger charge is -2.33. The second-order valence-corrected chi connectivity index (χ2v) is 8.40. The third-order valence-corrected chi connectivity index (χ3v) is 5.54. The maximum atomic E-state index is 14.1. The summed E-state index contributed by atoms with van der Waals surface area (Å²) in [5, 5.41) is 0. The van der Waals surface area contributed by atoms with E-state index in [1.807, 2.05) is 0 Å². The van der Waals surface area contributed by atoms with Crippen molar-refractivity contribution < 1.29 is 27.1 Å². The minimum atomic E-state index is -3.36. The first-order valence-electron chi connectivity index (χ1n) is 8.47. The van der Waals surface area contributed by atoms with Crippen molar-refractivity contribution in [1.29, 1.82) is 0 Å². The summed E-state index contributed by atoms with van der Waals surface area (Å²) in [6.45, 7) is 5.26. The molecule has 0 bridgehead atoms. The van der Waals surface area contributed by atoms with Crippen LogP contribution in [-0.4, -0.2) is 26.6 Å². The Kier molecular flexibility index (Phi) is 5.38. The van der Waals surface area contributed by atoms with Crippen LogP contribution < -0.4 is 4.74 Å². The maximum absolute atomic E-state index is 14.1. The summed E-state index contributed by atoms with van der Waals surface area (Å²) in [7, 11) is -3.36. The van der Waals surface area contributed by atoms with Gasteiger partial charge in [-0.2, -0.15) is 0 Å². The number of ketones is 1. The molecule has 3 rings (SSSR count). The fraction of sp³-hybridized carbons (Fsp3) is 0.190. The van der Waals surface area contributed by atoms with E-state index < -0.39 is 27.9 Å². The number of ether oxygens (including phenoxy) is 2. The molecule has 2 aromatic carbocycles. The number of hydrogen-bond donors (Lipinski definition) is 0. The molecule has 0 aromatic heterocycles. The zero-order chi connectivity index (χ0) is 20.5. The number of carbonyl (C=O) groups is 1. The predicted octanol–water partition coefficient (Wildman–Crippen LogP) is 3.78. The summed E-state index contributed by atoms with van der Waals surface area (Å²) in [5.74, 6) is -0.706. The Morgan fingerprint density at radius 3 is 2.36 bits per heavy atom. The maximum Gasteiger partial charge on any atom is 0.210 e. The van der Waals surface area contributed by atoms with Crippen molar-refractivity contribution in [3.63, 3.8) is 0 Å². The van der Waals surface area contributed by atoms with Crippen molar-refractivity contribution in [1.82, 2.24) is 0 Å². The number of rotatable bonds is 5. The molecule has 0 fully saturated rings. The third kappa shape index (κ3) is 3.84. The van der Waals surface area contributed by atoms with Crippen molar-refractivity contribution in [2.75, 3.05) is 6.26 Å². The molecular formula is C21H19FO5S. The monoisotopic (exact) mass is 402 g/mol. The Hall–Kier alpha value is -2.93. The van der Waals surface area contributed by atoms with Gasteiger partial charge in [-0.3, -0.25) is 4.79 Å². The average Bonchev–Trinajstić information content (AvgIpc) is 2.65. The molecule has 1 aliphatic rings. The molecule has 5 nitrogen and oxygen atoms in total. The van der Waals surface area contributed by atoms with E-state index >= 15 is 0 Å². The Morgan fingerprint density at radius 1 is 1.14 bits per heavy atom. The van der Waals surface area contributed by atoms with E-state index in [9.17, 15) is 17.6 Å². The minimum Gasteiger partial charge on any atom is -0.485 e. The topological polar surface area (TPSA) is 69.7 Å². The highest BCUT2D eigenvalue weighted by Crippen LogP contribution is 2.36. The zero-order valence-corrected chi connectivity index (χ0v) is 16.2. The zero-order valence-electron chi connectivity index (χ0n) is 15.4. The molecule has 2 aromatic rings. The van der Waals surface area contributed by atoms with Crippen molar-refractivity contribution in [2.24, 2.45) is 0 Å². The Labute approximate surface area is 163 Å². The molecular weight excluding hydrogens is 383 g/mol. The van der Waals surface area contributed by atoms with Crippen molar-refractivity contribution >= 4 is 15.6 Å². The molecule has 0 saturated carbocycles. The van der Waals surface area contributed by atoms with E-state index in [1.165, 1.54) is 36.4 Å². The molecule has 7 heteroatoms. The van der Waals surface area contributed by atoms with Crippen molar-refractivity contribution in [3.05, 3.63) is 83.9 Å². The van der Waals surface area contributed by atoms with Crippen molar-refractivity contribution in [3.8, 4) is 5.75 Å². The Balaban J connectivity index is 2.03. The number of para-hydroxylation sites is 1. The van der Waals surface area contributed by atoms with Gasteiger partial charge in [-0.05, 0) is 36.8 Å². The van der Waals surface area contributed by atoms with Crippen LogP contribution in [0.1, 0.15) is 18.6 Å². The van der Waals surface area contributed by atoms with Crippen LogP contribution in [0.3, 0.4) is 0 Å². The van der Waals surface area contributed by atoms with Gasteiger partial charge in [-0.15, -0.1) is 0 Å². The van der Waals surface area contributed by atoms with Gasteiger partial charge < -0.3 is 9.47 Å². The molecule has 0 saturated heterocycles. The average molecular weight is 402 g/mol. The van der Waals surface area contributed by atoms with Crippen LogP contribution in [0.5, 0.6) is 5.75 Å². The Morgan fingerprint density at radius 2 is 1.79 bits per heavy atom. The van der Waals surface area contributed by atoms with Crippen LogP contribution in [0.25, 0.3) is 0 Å². The summed E-state index contributed by atoms with van der Waals surface area (Å²) in [6, 6.07) is 11.7. The number of sulfone groups is 1. The normalized spacial score (nSPS) is 19.9. The largest absolute Gasteiger partial charge is 0.485 e. The van der Waals surface area contributed by atoms with Crippen LogP contribution in [0.2, 0.25) is 0 Å². The quantitative estimate of drug-likeness (QED) is 0.761. The molecule has 28 heavy (non-hydrogen) atoms. The first-order chi connectivity index (χ1) is 13.2. The summed E-state index contributed by atoms with van der Waals surface area (Å²) >= 11 is 0. The van der Waals surface area contributed by atoms with Crippen LogP contribution in [0.4, 0.5) is 4.39 Å². The number of carbonyl (C=O) groups excluding carboxylic acids is 1. The fourth-order valence-electron chi connectivity index (χ4n) is 2.96. The van der Waals surface area contributed by atoms with Gasteiger partial charge in [0, 0.05) is 6.26 Å². The van der Waals surface area contributed by atoms with Gasteiger partial charge in [0.15, 0.2) is 27.5 Å². The highest BCUT2D eigenvalue weighted by atomic mass is 32.2. The molecule has 0 spiro atoms. The van der Waals surface area contributed by atoms with Gasteiger partial charge in [0.25, 0.3) is 0 Å². The number of halogens is 1. The lowest BCUT2D eigenvalue weighted by Crippen LogP contribution is -2.39. The van der Waals surface area contributed by atoms with Gasteiger partial charge in [-0.1, -0.05) is 36.9 Å². The van der Waals surface area contributed by atoms with Gasteiger partial charge in [0.05, 0.1) is 10.5 Å². The first-order valence-corrected chi connectivity index (χ1v) is 10.4. The van der Waals surface area contributed by atoms with Crippen LogP contribution >= 0.6 is 0 Å². The van der Waals surface area contributed by atoms with E-state index in [0.29, 0.717) is 11.3 Å². The van der Waals surface area contributed by atoms with Gasteiger partial charge in [0.2, 0.25) is 11.9 Å². The smallest absolute Gasteiger partial charge is 0.210 e. The Bertz CT molecular complexity index is 1050. The summed E-state index contributed by atoms with van der Waals surface area (Å²) in [4.78, 5) is 13.1. The standard InChI is InChI=1S/C21H19FO5S/c1-4-16-13(2)26-20(14-9-11-15(12-10-14)28(3,24)25)21(19(16)23)27-18-8-6-5-7-17(18)22/h4-12,20-21H,1H2,2-3H3. The van der Waals surface area contributed by atoms with Gasteiger partial charge in [0.1, 0.15) is 5.76 Å². The lowest BCUT2D eigenvalue weighted by molar-refractivity contribution is -0.131. The third-order valence-electron chi connectivity index (χ3n) is 4.41. The fourth-order valence-corrected chi connectivity index (χ4v) is 3.59. The van der Waals surface area contributed by atoms with Gasteiger partial charge in [-0.25, -0.2) is 12.8 Å². The van der Waals surface area contributed by atoms with E-state index in [2.05, 4.69) is 6.58 Å². The second-order valence-electron chi connectivity index (χ2n) is 6.39. The molecule has 1 heterocycles. The summed E-state index contributed by atoms with van der Waals surface area (Å²) < 4.78 is 49.0. The summed E-state index contributed by atoms with van der Waals surface area (Å²) in [5.41, 5.74) is 0.787. The second kappa shape index (κ2) is 7.59. The number of Topliss-reactive ketones (excluding diaryl/α,β-unsaturated/α-hetero) is 1. The van der Waals surface area contributed by atoms with E-state index in [1.54, 1.807) is 25.1 Å². The highest BCUT2D eigenvalue weighted by Gasteiger charge is 2.40. The van der Waals surface area contributed by atoms with Crippen LogP contribution in [0, 0.1) is 5.82 Å². The molecule has 2 unspecified atom stereocenters. The lowest BCUT2D eigenvalue weighted by atomic mass is 9.93. The molecule has 146 valence electrons. The first kappa shape index (κ1) is 19.8. The molecule has 2 atom stereocenters. The molecule has 1 aliphatic heterocycles. The van der Waals surface area contributed by atoms with Crippen LogP contribution in [-0.2, 0) is 19.4 Å². The predicted molar refractivity (Wildman–Crippen MR) is 102 cm³/mol. The molecule has 0 amide bonds. The summed E-state index contributed by atoms with van der Waals surface area (Å²) in [6.07, 6.45) is 0.455. The number of allylic oxidation sites excluding steroid dienone is 2. The van der Waals surface area contributed by atoms with Crippen LogP contribution in [0.15, 0.2) is 77.4 Å². The number of hydrogen-bond acceptors (Lipinski definition) is 5. The highest BCUT2D eigenvalue weighted by molar-refractivity contribution is 7.90. The van der Waals surface area contributed by atoms with E-state index in [4.69, 9.17) is 9.47 Å². The van der Waals surface area contributed by atoms with E-state index in [-0.39, 0.29) is 22.0 Å².